The predicted molar refractivity (Wildman–Crippen MR) is 96.9 cm³/mol. The second-order valence-electron chi connectivity index (χ2n) is 4.64. The first kappa shape index (κ1) is 17.2. The number of anilines is 2. The van der Waals surface area contributed by atoms with Crippen molar-refractivity contribution in [3.05, 3.63) is 28.2 Å². The van der Waals surface area contributed by atoms with Crippen LogP contribution in [0.3, 0.4) is 0 Å². The van der Waals surface area contributed by atoms with Crippen molar-refractivity contribution >= 4 is 55.8 Å². The molecule has 0 aliphatic rings. The van der Waals surface area contributed by atoms with E-state index in [2.05, 4.69) is 36.8 Å². The number of hydrogen-bond donors (Lipinski definition) is 2. The fourth-order valence-corrected chi connectivity index (χ4v) is 4.20. The fourth-order valence-electron chi connectivity index (χ4n) is 1.64. The summed E-state index contributed by atoms with van der Waals surface area (Å²) < 4.78 is 1.66. The van der Waals surface area contributed by atoms with Crippen LogP contribution in [0, 0.1) is 6.92 Å². The Morgan fingerprint density at radius 1 is 1.45 bits per heavy atom. The Bertz CT molecular complexity index is 662. The SMILES string of the molecule is CCNc1nnc(S[C@H](C)C(=O)Nc2ccc(C)cc2Br)s1. The Kier molecular flexibility index (Phi) is 6.22. The molecule has 0 saturated heterocycles. The smallest absolute Gasteiger partial charge is 0.237 e. The molecule has 0 bridgehead atoms. The molecule has 1 aromatic carbocycles. The summed E-state index contributed by atoms with van der Waals surface area (Å²) in [4.78, 5) is 12.3. The lowest BCUT2D eigenvalue weighted by Gasteiger charge is -2.12. The van der Waals surface area contributed by atoms with E-state index in [1.165, 1.54) is 23.1 Å². The van der Waals surface area contributed by atoms with Crippen LogP contribution >= 0.6 is 39.0 Å². The highest BCUT2D eigenvalue weighted by atomic mass is 79.9. The minimum absolute atomic E-state index is 0.0604. The van der Waals surface area contributed by atoms with Gasteiger partial charge in [0.2, 0.25) is 11.0 Å². The van der Waals surface area contributed by atoms with Gasteiger partial charge in [-0.15, -0.1) is 10.2 Å². The van der Waals surface area contributed by atoms with Crippen LogP contribution < -0.4 is 10.6 Å². The molecule has 1 amide bonds. The zero-order valence-electron chi connectivity index (χ0n) is 12.5. The van der Waals surface area contributed by atoms with Crippen molar-refractivity contribution in [2.75, 3.05) is 17.2 Å². The van der Waals surface area contributed by atoms with Gasteiger partial charge in [-0.05, 0) is 54.4 Å². The summed E-state index contributed by atoms with van der Waals surface area (Å²) >= 11 is 6.32. The second kappa shape index (κ2) is 7.94. The van der Waals surface area contributed by atoms with Crippen LogP contribution in [0.15, 0.2) is 27.0 Å². The van der Waals surface area contributed by atoms with E-state index in [4.69, 9.17) is 0 Å². The lowest BCUT2D eigenvalue weighted by Crippen LogP contribution is -2.22. The predicted octanol–water partition coefficient (Wildman–Crippen LogP) is 4.16. The van der Waals surface area contributed by atoms with Crippen molar-refractivity contribution in [2.24, 2.45) is 0 Å². The van der Waals surface area contributed by atoms with E-state index in [1.54, 1.807) is 0 Å². The van der Waals surface area contributed by atoms with Gasteiger partial charge in [-0.25, -0.2) is 0 Å². The highest BCUT2D eigenvalue weighted by molar-refractivity contribution is 9.10. The minimum atomic E-state index is -0.254. The topological polar surface area (TPSA) is 66.9 Å². The lowest BCUT2D eigenvalue weighted by molar-refractivity contribution is -0.115. The van der Waals surface area contributed by atoms with Crippen molar-refractivity contribution in [1.82, 2.24) is 10.2 Å². The molecule has 118 valence electrons. The number of carbonyl (C=O) groups excluding carboxylic acids is 1. The van der Waals surface area contributed by atoms with E-state index in [9.17, 15) is 4.79 Å². The molecule has 0 unspecified atom stereocenters. The molecule has 0 radical (unpaired) electrons. The average Bonchev–Trinajstić information content (AvgIpc) is 2.89. The van der Waals surface area contributed by atoms with Crippen LogP contribution in [-0.2, 0) is 4.79 Å². The number of amides is 1. The number of nitrogens with zero attached hydrogens (tertiary/aromatic N) is 2. The number of aromatic nitrogens is 2. The van der Waals surface area contributed by atoms with Gasteiger partial charge in [0.15, 0.2) is 4.34 Å². The van der Waals surface area contributed by atoms with E-state index in [-0.39, 0.29) is 11.2 Å². The molecule has 5 nitrogen and oxygen atoms in total. The number of hydrogen-bond acceptors (Lipinski definition) is 6. The van der Waals surface area contributed by atoms with E-state index < -0.39 is 0 Å². The molecular weight excluding hydrogens is 384 g/mol. The van der Waals surface area contributed by atoms with Crippen LogP contribution in [0.5, 0.6) is 0 Å². The summed E-state index contributed by atoms with van der Waals surface area (Å²) in [6.07, 6.45) is 0. The van der Waals surface area contributed by atoms with E-state index in [1.807, 2.05) is 39.0 Å². The van der Waals surface area contributed by atoms with E-state index in [0.29, 0.717) is 0 Å². The zero-order valence-corrected chi connectivity index (χ0v) is 15.7. The maximum atomic E-state index is 12.3. The normalized spacial score (nSPS) is 12.0. The summed E-state index contributed by atoms with van der Waals surface area (Å²) in [5.74, 6) is -0.0604. The van der Waals surface area contributed by atoms with E-state index >= 15 is 0 Å². The summed E-state index contributed by atoms with van der Waals surface area (Å²) in [6.45, 7) is 6.67. The molecule has 1 atom stereocenters. The highest BCUT2D eigenvalue weighted by Gasteiger charge is 2.18. The Balaban J connectivity index is 1.96. The molecular formula is C14H17BrN4OS2. The van der Waals surface area contributed by atoms with Gasteiger partial charge in [0.05, 0.1) is 10.9 Å². The van der Waals surface area contributed by atoms with E-state index in [0.717, 1.165) is 31.7 Å². The lowest BCUT2D eigenvalue weighted by atomic mass is 10.2. The monoisotopic (exact) mass is 400 g/mol. The van der Waals surface area contributed by atoms with Gasteiger partial charge in [-0.1, -0.05) is 29.2 Å². The molecule has 0 fully saturated rings. The Morgan fingerprint density at radius 2 is 2.23 bits per heavy atom. The molecule has 0 aliphatic carbocycles. The number of benzene rings is 1. The highest BCUT2D eigenvalue weighted by Crippen LogP contribution is 2.30. The molecule has 8 heteroatoms. The number of rotatable bonds is 6. The van der Waals surface area contributed by atoms with Crippen LogP contribution in [0.1, 0.15) is 19.4 Å². The standard InChI is InChI=1S/C14H17BrN4OS2/c1-4-16-13-18-19-14(22-13)21-9(3)12(20)17-11-6-5-8(2)7-10(11)15/h5-7,9H,4H2,1-3H3,(H,16,18)(H,17,20)/t9-/m1/s1. The summed E-state index contributed by atoms with van der Waals surface area (Å²) in [7, 11) is 0. The Morgan fingerprint density at radius 3 is 2.91 bits per heavy atom. The Hall–Kier alpha value is -1.12. The molecule has 1 aromatic heterocycles. The summed E-state index contributed by atoms with van der Waals surface area (Å²) in [5, 5.41) is 14.7. The van der Waals surface area contributed by atoms with Crippen molar-refractivity contribution in [3.8, 4) is 0 Å². The first-order chi connectivity index (χ1) is 10.5. The molecule has 0 spiro atoms. The molecule has 22 heavy (non-hydrogen) atoms. The molecule has 2 aromatic rings. The molecule has 1 heterocycles. The van der Waals surface area contributed by atoms with Crippen molar-refractivity contribution in [1.29, 1.82) is 0 Å². The third-order valence-corrected chi connectivity index (χ3v) is 5.49. The van der Waals surface area contributed by atoms with Crippen LogP contribution in [0.4, 0.5) is 10.8 Å². The first-order valence-corrected chi connectivity index (χ1v) is 9.29. The van der Waals surface area contributed by atoms with Crippen LogP contribution in [-0.4, -0.2) is 27.9 Å². The second-order valence-corrected chi connectivity index (χ2v) is 8.06. The third kappa shape index (κ3) is 4.69. The maximum Gasteiger partial charge on any atom is 0.237 e. The fraction of sp³-hybridized carbons (Fsp3) is 0.357. The van der Waals surface area contributed by atoms with Gasteiger partial charge in [0.1, 0.15) is 0 Å². The van der Waals surface area contributed by atoms with Gasteiger partial charge in [-0.3, -0.25) is 4.79 Å². The van der Waals surface area contributed by atoms with Gasteiger partial charge in [-0.2, -0.15) is 0 Å². The number of nitrogens with one attached hydrogen (secondary N) is 2. The Labute approximate surface area is 146 Å². The molecule has 0 saturated carbocycles. The van der Waals surface area contributed by atoms with Gasteiger partial charge in [0.25, 0.3) is 0 Å². The van der Waals surface area contributed by atoms with Crippen molar-refractivity contribution < 1.29 is 4.79 Å². The third-order valence-electron chi connectivity index (χ3n) is 2.76. The number of aryl methyl sites for hydroxylation is 1. The number of halogens is 1. The molecule has 2 rings (SSSR count). The van der Waals surface area contributed by atoms with Gasteiger partial charge in [0, 0.05) is 11.0 Å². The van der Waals surface area contributed by atoms with Crippen LogP contribution in [0.25, 0.3) is 0 Å². The quantitative estimate of drug-likeness (QED) is 0.712. The van der Waals surface area contributed by atoms with Gasteiger partial charge >= 0.3 is 0 Å². The first-order valence-electron chi connectivity index (χ1n) is 6.80. The summed E-state index contributed by atoms with van der Waals surface area (Å²) in [6, 6.07) is 5.83. The van der Waals surface area contributed by atoms with Crippen molar-refractivity contribution in [3.63, 3.8) is 0 Å². The minimum Gasteiger partial charge on any atom is -0.360 e. The number of thioether (sulfide) groups is 1. The summed E-state index contributed by atoms with van der Waals surface area (Å²) in [5.41, 5.74) is 1.91. The number of carbonyl (C=O) groups is 1. The van der Waals surface area contributed by atoms with Gasteiger partial charge < -0.3 is 10.6 Å². The van der Waals surface area contributed by atoms with Crippen molar-refractivity contribution in [2.45, 2.75) is 30.4 Å². The zero-order chi connectivity index (χ0) is 16.1. The largest absolute Gasteiger partial charge is 0.360 e. The average molecular weight is 401 g/mol. The maximum absolute atomic E-state index is 12.3. The molecule has 0 aliphatic heterocycles. The van der Waals surface area contributed by atoms with Crippen LogP contribution in [0.2, 0.25) is 0 Å². The molecule has 2 N–H and O–H groups in total.